The molecule has 0 spiro atoms. The molecule has 0 bridgehead atoms. The van der Waals surface area contributed by atoms with Gasteiger partial charge in [0.15, 0.2) is 17.9 Å². The molecule has 0 unspecified atom stereocenters. The van der Waals surface area contributed by atoms with E-state index in [4.69, 9.17) is 4.74 Å². The maximum Gasteiger partial charge on any atom is 0.164 e. The van der Waals surface area contributed by atoms with Crippen LogP contribution in [0.25, 0.3) is 0 Å². The number of aryl methyl sites for hydroxylation is 1. The highest BCUT2D eigenvalue weighted by Gasteiger charge is 2.43. The average Bonchev–Trinajstić information content (AvgIpc) is 2.74. The van der Waals surface area contributed by atoms with E-state index in [0.29, 0.717) is 0 Å². The number of anilines is 1. The van der Waals surface area contributed by atoms with Crippen LogP contribution in [0.5, 0.6) is 0 Å². The van der Waals surface area contributed by atoms with Gasteiger partial charge in [0.1, 0.15) is 24.4 Å². The fourth-order valence-corrected chi connectivity index (χ4v) is 3.37. The van der Waals surface area contributed by atoms with Crippen molar-refractivity contribution < 1.29 is 33.9 Å². The molecule has 1 aliphatic heterocycles. The van der Waals surface area contributed by atoms with E-state index in [0.717, 1.165) is 23.6 Å². The molecule has 2 aromatic carbocycles. The number of hydrogen-bond acceptors (Lipinski definition) is 6. The first-order chi connectivity index (χ1) is 13.8. The molecule has 0 amide bonds. The maximum atomic E-state index is 14.6. The van der Waals surface area contributed by atoms with Gasteiger partial charge in [-0.1, -0.05) is 31.2 Å². The first-order valence-corrected chi connectivity index (χ1v) is 9.47. The molecule has 0 saturated carbocycles. The summed E-state index contributed by atoms with van der Waals surface area (Å²) >= 11 is 0. The van der Waals surface area contributed by atoms with E-state index in [-0.39, 0.29) is 17.7 Å². The van der Waals surface area contributed by atoms with Gasteiger partial charge >= 0.3 is 0 Å². The molecule has 5 N–H and O–H groups in total. The van der Waals surface area contributed by atoms with E-state index in [1.165, 1.54) is 6.07 Å². The number of ether oxygens (including phenoxy) is 1. The van der Waals surface area contributed by atoms with Gasteiger partial charge in [-0.15, -0.1) is 0 Å². The van der Waals surface area contributed by atoms with Crippen molar-refractivity contribution in [3.8, 4) is 0 Å². The number of nitrogens with one attached hydrogen (secondary N) is 1. The second-order valence-corrected chi connectivity index (χ2v) is 7.13. The van der Waals surface area contributed by atoms with Crippen LogP contribution in [0.15, 0.2) is 36.4 Å². The molecule has 2 aromatic rings. The van der Waals surface area contributed by atoms with E-state index < -0.39 is 48.9 Å². The first kappa shape index (κ1) is 21.6. The van der Waals surface area contributed by atoms with E-state index in [1.54, 1.807) is 0 Å². The Bertz CT molecular complexity index is 831. The molecule has 1 aliphatic rings. The fraction of sp³-hybridized carbons (Fsp3) is 0.429. The summed E-state index contributed by atoms with van der Waals surface area (Å²) in [6.45, 7) is 1.43. The molecule has 0 aliphatic carbocycles. The molecule has 6 nitrogen and oxygen atoms in total. The fourth-order valence-electron chi connectivity index (χ4n) is 3.37. The predicted octanol–water partition coefficient (Wildman–Crippen LogP) is 1.33. The molecule has 1 fully saturated rings. The van der Waals surface area contributed by atoms with Gasteiger partial charge in [0.25, 0.3) is 0 Å². The van der Waals surface area contributed by atoms with Crippen LogP contribution in [-0.2, 0) is 17.6 Å². The lowest BCUT2D eigenvalue weighted by molar-refractivity contribution is -0.221. The third kappa shape index (κ3) is 4.57. The van der Waals surface area contributed by atoms with Crippen molar-refractivity contribution in [1.82, 2.24) is 0 Å². The molecule has 3 rings (SSSR count). The summed E-state index contributed by atoms with van der Waals surface area (Å²) in [6.07, 6.45) is -6.02. The Labute approximate surface area is 167 Å². The van der Waals surface area contributed by atoms with Crippen LogP contribution in [0.2, 0.25) is 0 Å². The normalized spacial score (nSPS) is 27.1. The third-order valence-electron chi connectivity index (χ3n) is 5.20. The second kappa shape index (κ2) is 9.15. The Balaban J connectivity index is 1.88. The minimum Gasteiger partial charge on any atom is -0.394 e. The van der Waals surface area contributed by atoms with Crippen molar-refractivity contribution in [3.05, 3.63) is 64.7 Å². The predicted molar refractivity (Wildman–Crippen MR) is 102 cm³/mol. The molecule has 1 heterocycles. The van der Waals surface area contributed by atoms with Crippen molar-refractivity contribution in [3.63, 3.8) is 0 Å². The van der Waals surface area contributed by atoms with E-state index >= 15 is 0 Å². The lowest BCUT2D eigenvalue weighted by Crippen LogP contribution is -2.60. The molecule has 5 atom stereocenters. The minimum atomic E-state index is -1.58. The number of benzene rings is 2. The Kier molecular flexibility index (Phi) is 6.81. The van der Waals surface area contributed by atoms with Crippen molar-refractivity contribution in [2.24, 2.45) is 0 Å². The largest absolute Gasteiger partial charge is 0.394 e. The zero-order valence-electron chi connectivity index (χ0n) is 15.9. The summed E-state index contributed by atoms with van der Waals surface area (Å²) in [4.78, 5) is 0. The first-order valence-electron chi connectivity index (χ1n) is 9.47. The summed E-state index contributed by atoms with van der Waals surface area (Å²) in [6, 6.07) is 9.76. The SMILES string of the molecule is CCc1ccc(Cc2c(N[C@@H]3O[C@H](CO)[C@@H](O)[C@H](O)[C@H]3O)ccc(F)c2F)cc1. The Morgan fingerprint density at radius 1 is 0.931 bits per heavy atom. The lowest BCUT2D eigenvalue weighted by atomic mass is 9.97. The van der Waals surface area contributed by atoms with Crippen LogP contribution in [0.3, 0.4) is 0 Å². The second-order valence-electron chi connectivity index (χ2n) is 7.13. The van der Waals surface area contributed by atoms with Crippen LogP contribution in [-0.4, -0.2) is 57.7 Å². The summed E-state index contributed by atoms with van der Waals surface area (Å²) in [5.41, 5.74) is 2.09. The van der Waals surface area contributed by atoms with Gasteiger partial charge in [-0.25, -0.2) is 8.78 Å². The Morgan fingerprint density at radius 2 is 1.59 bits per heavy atom. The monoisotopic (exact) mass is 409 g/mol. The van der Waals surface area contributed by atoms with Gasteiger partial charge in [0, 0.05) is 17.7 Å². The summed E-state index contributed by atoms with van der Waals surface area (Å²) in [5.74, 6) is -2.04. The van der Waals surface area contributed by atoms with Crippen LogP contribution in [0.4, 0.5) is 14.5 Å². The number of aliphatic hydroxyl groups excluding tert-OH is 4. The summed E-state index contributed by atoms with van der Waals surface area (Å²) in [7, 11) is 0. The van der Waals surface area contributed by atoms with Crippen molar-refractivity contribution >= 4 is 5.69 Å². The average molecular weight is 409 g/mol. The number of halogens is 2. The topological polar surface area (TPSA) is 102 Å². The zero-order chi connectivity index (χ0) is 21.1. The smallest absolute Gasteiger partial charge is 0.164 e. The molecule has 1 saturated heterocycles. The highest BCUT2D eigenvalue weighted by Crippen LogP contribution is 2.28. The molecular weight excluding hydrogens is 384 g/mol. The van der Waals surface area contributed by atoms with E-state index in [1.807, 2.05) is 31.2 Å². The van der Waals surface area contributed by atoms with Gasteiger partial charge in [0.05, 0.1) is 6.61 Å². The molecular formula is C21H25F2NO5. The Hall–Kier alpha value is -2.10. The van der Waals surface area contributed by atoms with Crippen LogP contribution >= 0.6 is 0 Å². The van der Waals surface area contributed by atoms with Crippen LogP contribution < -0.4 is 5.32 Å². The maximum absolute atomic E-state index is 14.6. The van der Waals surface area contributed by atoms with Gasteiger partial charge in [-0.2, -0.15) is 0 Å². The summed E-state index contributed by atoms with van der Waals surface area (Å²) in [5, 5.41) is 42.1. The molecule has 0 radical (unpaired) electrons. The van der Waals surface area contributed by atoms with Gasteiger partial charge < -0.3 is 30.5 Å². The lowest BCUT2D eigenvalue weighted by Gasteiger charge is -2.40. The van der Waals surface area contributed by atoms with Crippen molar-refractivity contribution in [1.29, 1.82) is 0 Å². The van der Waals surface area contributed by atoms with Gasteiger partial charge in [0.2, 0.25) is 0 Å². The van der Waals surface area contributed by atoms with Crippen LogP contribution in [0, 0.1) is 11.6 Å². The third-order valence-corrected chi connectivity index (χ3v) is 5.20. The highest BCUT2D eigenvalue weighted by atomic mass is 19.2. The van der Waals surface area contributed by atoms with Crippen molar-refractivity contribution in [2.45, 2.75) is 50.4 Å². The highest BCUT2D eigenvalue weighted by molar-refractivity contribution is 5.54. The number of aliphatic hydroxyl groups is 4. The minimum absolute atomic E-state index is 0.0335. The molecule has 158 valence electrons. The quantitative estimate of drug-likeness (QED) is 0.494. The van der Waals surface area contributed by atoms with Crippen molar-refractivity contribution in [2.75, 3.05) is 11.9 Å². The van der Waals surface area contributed by atoms with E-state index in [9.17, 15) is 29.2 Å². The standard InChI is InChI=1S/C21H25F2NO5/c1-2-11-3-5-12(6-4-11)9-13-15(8-7-14(22)17(13)23)24-21-20(28)19(27)18(26)16(10-25)29-21/h3-8,16,18-21,24-28H,2,9-10H2,1H3/t16-,18-,19+,20-,21-/m1/s1. The molecule has 29 heavy (non-hydrogen) atoms. The number of hydrogen-bond donors (Lipinski definition) is 5. The molecule has 8 heteroatoms. The Morgan fingerprint density at radius 3 is 2.21 bits per heavy atom. The summed E-state index contributed by atoms with van der Waals surface area (Å²) < 4.78 is 33.9. The van der Waals surface area contributed by atoms with Gasteiger partial charge in [-0.3, -0.25) is 0 Å². The van der Waals surface area contributed by atoms with Gasteiger partial charge in [-0.05, 0) is 29.7 Å². The molecule has 0 aromatic heterocycles. The number of rotatable bonds is 6. The van der Waals surface area contributed by atoms with Crippen LogP contribution in [0.1, 0.15) is 23.6 Å². The van der Waals surface area contributed by atoms with E-state index in [2.05, 4.69) is 5.32 Å². The zero-order valence-corrected chi connectivity index (χ0v) is 15.9.